The maximum Gasteiger partial charge on any atom is 0.149 e. The maximum absolute atomic E-state index is 10.8. The van der Waals surface area contributed by atoms with Crippen LogP contribution in [-0.2, 0) is 9.53 Å². The van der Waals surface area contributed by atoms with E-state index in [-0.39, 0.29) is 6.10 Å². The topological polar surface area (TPSA) is 26.3 Å². The number of ether oxygens (including phenoxy) is 1. The van der Waals surface area contributed by atoms with Crippen LogP contribution < -0.4 is 0 Å². The van der Waals surface area contributed by atoms with Gasteiger partial charge in [0.15, 0.2) is 0 Å². The van der Waals surface area contributed by atoms with Gasteiger partial charge in [-0.3, -0.25) is 4.79 Å². The van der Waals surface area contributed by atoms with Gasteiger partial charge in [-0.1, -0.05) is 12.2 Å². The van der Waals surface area contributed by atoms with Crippen LogP contribution in [0.3, 0.4) is 0 Å². The van der Waals surface area contributed by atoms with Crippen LogP contribution in [0.4, 0.5) is 0 Å². The molecule has 0 aromatic rings. The number of rotatable bonds is 2. The molecule has 0 aliphatic heterocycles. The second-order valence-corrected chi connectivity index (χ2v) is 3.77. The van der Waals surface area contributed by atoms with Crippen molar-refractivity contribution in [1.29, 1.82) is 0 Å². The van der Waals surface area contributed by atoms with Gasteiger partial charge >= 0.3 is 0 Å². The molecule has 0 amide bonds. The highest BCUT2D eigenvalue weighted by molar-refractivity contribution is 5.85. The first-order valence-electron chi connectivity index (χ1n) is 4.69. The summed E-state index contributed by atoms with van der Waals surface area (Å²) in [5.74, 6) is 0. The van der Waals surface area contributed by atoms with Gasteiger partial charge in [-0.05, 0) is 34.8 Å². The Morgan fingerprint density at radius 1 is 1.43 bits per heavy atom. The van der Waals surface area contributed by atoms with Crippen molar-refractivity contribution in [3.05, 3.63) is 46.1 Å². The molecule has 2 bridgehead atoms. The maximum atomic E-state index is 10.8. The van der Waals surface area contributed by atoms with Crippen LogP contribution in [0.2, 0.25) is 0 Å². The van der Waals surface area contributed by atoms with Crippen molar-refractivity contribution in [2.24, 2.45) is 0 Å². The number of hydrogen-bond donors (Lipinski definition) is 0. The molecule has 14 heavy (non-hydrogen) atoms. The van der Waals surface area contributed by atoms with Crippen molar-refractivity contribution in [3.8, 4) is 0 Å². The number of allylic oxidation sites excluding steroid dienone is 5. The van der Waals surface area contributed by atoms with Crippen molar-refractivity contribution in [2.75, 3.05) is 7.11 Å². The fraction of sp³-hybridized carbons (Fsp3) is 0.250. The quantitative estimate of drug-likeness (QED) is 0.613. The predicted molar refractivity (Wildman–Crippen MR) is 52.8 cm³/mol. The Balaban J connectivity index is 2.19. The Labute approximate surface area is 82.3 Å². The van der Waals surface area contributed by atoms with E-state index in [1.165, 1.54) is 22.3 Å². The lowest BCUT2D eigenvalue weighted by molar-refractivity contribution is -0.105. The molecule has 1 unspecified atom stereocenters. The average molecular weight is 186 g/mol. The average Bonchev–Trinajstić information content (AvgIpc) is 2.87. The fourth-order valence-corrected chi connectivity index (χ4v) is 2.48. The third-order valence-electron chi connectivity index (χ3n) is 3.10. The van der Waals surface area contributed by atoms with Gasteiger partial charge in [0.2, 0.25) is 0 Å². The van der Waals surface area contributed by atoms with E-state index in [2.05, 4.69) is 12.2 Å². The van der Waals surface area contributed by atoms with Gasteiger partial charge in [-0.15, -0.1) is 0 Å². The summed E-state index contributed by atoms with van der Waals surface area (Å²) in [6.07, 6.45) is 8.01. The van der Waals surface area contributed by atoms with Gasteiger partial charge in [-0.25, -0.2) is 0 Å². The highest BCUT2D eigenvalue weighted by atomic mass is 16.5. The van der Waals surface area contributed by atoms with E-state index in [0.717, 1.165) is 18.3 Å². The molecule has 70 valence electrons. The summed E-state index contributed by atoms with van der Waals surface area (Å²) in [7, 11) is 1.65. The number of fused-ring (bicyclic) bond motifs is 3. The van der Waals surface area contributed by atoms with E-state index in [1.807, 2.05) is 6.08 Å². The molecule has 2 nitrogen and oxygen atoms in total. The zero-order valence-corrected chi connectivity index (χ0v) is 7.91. The first-order chi connectivity index (χ1) is 6.85. The van der Waals surface area contributed by atoms with E-state index in [9.17, 15) is 4.79 Å². The first-order valence-corrected chi connectivity index (χ1v) is 4.69. The molecule has 0 N–H and O–H groups in total. The monoisotopic (exact) mass is 186 g/mol. The highest BCUT2D eigenvalue weighted by Crippen LogP contribution is 2.46. The predicted octanol–water partition coefficient (Wildman–Crippen LogP) is 1.71. The first kappa shape index (κ1) is 7.94. The third kappa shape index (κ3) is 0.769. The summed E-state index contributed by atoms with van der Waals surface area (Å²) in [6, 6.07) is 0. The fourth-order valence-electron chi connectivity index (χ4n) is 2.48. The molecule has 1 atom stereocenters. The Kier molecular flexibility index (Phi) is 1.45. The molecule has 3 rings (SSSR count). The van der Waals surface area contributed by atoms with Crippen molar-refractivity contribution >= 4 is 6.29 Å². The molecule has 0 saturated carbocycles. The van der Waals surface area contributed by atoms with Crippen LogP contribution in [0.25, 0.3) is 0 Å². The van der Waals surface area contributed by atoms with E-state index in [1.54, 1.807) is 7.11 Å². The summed E-state index contributed by atoms with van der Waals surface area (Å²) >= 11 is 0. The zero-order valence-electron chi connectivity index (χ0n) is 7.91. The molecular weight excluding hydrogens is 176 g/mol. The summed E-state index contributed by atoms with van der Waals surface area (Å²) in [5, 5.41) is 0. The van der Waals surface area contributed by atoms with Crippen LogP contribution in [0.15, 0.2) is 46.1 Å². The summed E-state index contributed by atoms with van der Waals surface area (Å²) < 4.78 is 5.36. The Bertz CT molecular complexity index is 447. The standard InChI is InChI=1S/C12H10O2/c1-14-12-9(6-13)5-10-7-2-3-8(4-7)11(10)12/h2-3,5-6,12H,4H2,1H3. The Hall–Kier alpha value is -1.41. The number of hydrogen-bond acceptors (Lipinski definition) is 2. The number of methoxy groups -OCH3 is 1. The van der Waals surface area contributed by atoms with Crippen LogP contribution in [0.1, 0.15) is 6.42 Å². The molecule has 3 aliphatic rings. The van der Waals surface area contributed by atoms with Gasteiger partial charge in [-0.2, -0.15) is 0 Å². The third-order valence-corrected chi connectivity index (χ3v) is 3.10. The molecule has 3 aliphatic carbocycles. The summed E-state index contributed by atoms with van der Waals surface area (Å²) in [6.45, 7) is 0. The molecule has 0 spiro atoms. The Morgan fingerprint density at radius 3 is 2.93 bits per heavy atom. The van der Waals surface area contributed by atoms with Crippen LogP contribution in [0.5, 0.6) is 0 Å². The second-order valence-electron chi connectivity index (χ2n) is 3.77. The lowest BCUT2D eigenvalue weighted by atomic mass is 10.0. The molecular formula is C12H10O2. The van der Waals surface area contributed by atoms with Crippen molar-refractivity contribution in [1.82, 2.24) is 0 Å². The van der Waals surface area contributed by atoms with E-state index in [0.29, 0.717) is 0 Å². The van der Waals surface area contributed by atoms with E-state index >= 15 is 0 Å². The number of carbonyl (C=O) groups is 1. The minimum Gasteiger partial charge on any atom is -0.372 e. The summed E-state index contributed by atoms with van der Waals surface area (Å²) in [5.41, 5.74) is 5.82. The minimum atomic E-state index is -0.125. The summed E-state index contributed by atoms with van der Waals surface area (Å²) in [4.78, 5) is 10.8. The van der Waals surface area contributed by atoms with Gasteiger partial charge in [0, 0.05) is 12.7 Å². The molecule has 0 radical (unpaired) electrons. The largest absolute Gasteiger partial charge is 0.372 e. The van der Waals surface area contributed by atoms with Crippen LogP contribution in [0, 0.1) is 0 Å². The van der Waals surface area contributed by atoms with Gasteiger partial charge < -0.3 is 4.74 Å². The van der Waals surface area contributed by atoms with Crippen LogP contribution in [-0.4, -0.2) is 19.5 Å². The molecule has 2 heteroatoms. The lowest BCUT2D eigenvalue weighted by Gasteiger charge is -2.13. The second kappa shape index (κ2) is 2.55. The lowest BCUT2D eigenvalue weighted by Crippen LogP contribution is -2.14. The van der Waals surface area contributed by atoms with Crippen molar-refractivity contribution in [3.63, 3.8) is 0 Å². The van der Waals surface area contributed by atoms with Gasteiger partial charge in [0.1, 0.15) is 12.4 Å². The van der Waals surface area contributed by atoms with Gasteiger partial charge in [0.25, 0.3) is 0 Å². The molecule has 0 aromatic heterocycles. The molecule has 0 saturated heterocycles. The van der Waals surface area contributed by atoms with Crippen LogP contribution >= 0.6 is 0 Å². The molecule has 0 aromatic carbocycles. The normalized spacial score (nSPS) is 27.5. The SMILES string of the molecule is COC1C(C=O)=CC2=C3C=CC(=C21)C3. The molecule has 0 fully saturated rings. The van der Waals surface area contributed by atoms with E-state index < -0.39 is 0 Å². The number of carbonyl (C=O) groups excluding carboxylic acids is 1. The number of aldehydes is 1. The smallest absolute Gasteiger partial charge is 0.149 e. The van der Waals surface area contributed by atoms with Gasteiger partial charge in [0.05, 0.1) is 0 Å². The highest BCUT2D eigenvalue weighted by Gasteiger charge is 2.36. The van der Waals surface area contributed by atoms with Crippen molar-refractivity contribution < 1.29 is 9.53 Å². The minimum absolute atomic E-state index is 0.125. The zero-order chi connectivity index (χ0) is 9.71. The Morgan fingerprint density at radius 2 is 2.21 bits per heavy atom. The van der Waals surface area contributed by atoms with E-state index in [4.69, 9.17) is 4.74 Å². The molecule has 0 heterocycles. The van der Waals surface area contributed by atoms with Crippen molar-refractivity contribution in [2.45, 2.75) is 12.5 Å².